The van der Waals surface area contributed by atoms with Crippen LogP contribution in [0.25, 0.3) is 10.1 Å². The Morgan fingerprint density at radius 1 is 1.33 bits per heavy atom. The molecule has 1 aromatic heterocycles. The molecular formula is C19H23NS. The highest BCUT2D eigenvalue weighted by Gasteiger charge is 2.49. The Morgan fingerprint density at radius 3 is 3.00 bits per heavy atom. The molecule has 1 nitrogen and oxygen atoms in total. The van der Waals surface area contributed by atoms with Crippen molar-refractivity contribution >= 4 is 27.1 Å². The molecule has 0 spiro atoms. The summed E-state index contributed by atoms with van der Waals surface area (Å²) in [6.45, 7) is 4.73. The molecule has 1 aromatic carbocycles. The molecule has 2 aliphatic carbocycles. The normalized spacial score (nSPS) is 34.0. The summed E-state index contributed by atoms with van der Waals surface area (Å²) in [5.74, 6) is 1.41. The molecule has 0 N–H and O–H groups in total. The summed E-state index contributed by atoms with van der Waals surface area (Å²) in [5.41, 5.74) is 4.82. The largest absolute Gasteiger partial charge is 0.297 e. The van der Waals surface area contributed by atoms with E-state index in [1.807, 2.05) is 18.4 Å². The van der Waals surface area contributed by atoms with Crippen molar-refractivity contribution in [2.24, 2.45) is 16.3 Å². The third-order valence-electron chi connectivity index (χ3n) is 5.83. The monoisotopic (exact) mass is 297 g/mol. The van der Waals surface area contributed by atoms with Crippen molar-refractivity contribution in [3.63, 3.8) is 0 Å². The van der Waals surface area contributed by atoms with Crippen molar-refractivity contribution in [2.45, 2.75) is 45.4 Å². The van der Waals surface area contributed by atoms with Crippen molar-refractivity contribution in [3.8, 4) is 0 Å². The van der Waals surface area contributed by atoms with Crippen molar-refractivity contribution in [1.29, 1.82) is 0 Å². The van der Waals surface area contributed by atoms with Crippen LogP contribution in [-0.2, 0) is 0 Å². The lowest BCUT2D eigenvalue weighted by atomic mass is 9.65. The van der Waals surface area contributed by atoms with Crippen LogP contribution >= 0.6 is 11.3 Å². The van der Waals surface area contributed by atoms with Gasteiger partial charge in [-0.3, -0.25) is 4.99 Å². The summed E-state index contributed by atoms with van der Waals surface area (Å²) in [7, 11) is 2.00. The van der Waals surface area contributed by atoms with Gasteiger partial charge in [0.25, 0.3) is 0 Å². The van der Waals surface area contributed by atoms with Gasteiger partial charge in [0.2, 0.25) is 0 Å². The predicted molar refractivity (Wildman–Crippen MR) is 92.7 cm³/mol. The molecule has 2 bridgehead atoms. The number of aryl methyl sites for hydroxylation is 1. The van der Waals surface area contributed by atoms with Gasteiger partial charge in [-0.2, -0.15) is 0 Å². The van der Waals surface area contributed by atoms with Gasteiger partial charge in [0.15, 0.2) is 0 Å². The molecule has 110 valence electrons. The van der Waals surface area contributed by atoms with E-state index in [-0.39, 0.29) is 0 Å². The standard InChI is InChI=1S/C19H23NS/c1-12-11-21-18-14(12)5-4-6-15(18)17-16(20-3)9-13-7-8-19(17,2)10-13/h4-6,11,13,17H,7-10H2,1-3H3. The fourth-order valence-electron chi connectivity index (χ4n) is 4.86. The average Bonchev–Trinajstić information content (AvgIpc) is 3.00. The average molecular weight is 297 g/mol. The molecule has 3 atom stereocenters. The van der Waals surface area contributed by atoms with Crippen LogP contribution in [0, 0.1) is 18.3 Å². The third-order valence-corrected chi connectivity index (χ3v) is 6.99. The maximum Gasteiger partial charge on any atom is 0.0384 e. The van der Waals surface area contributed by atoms with Gasteiger partial charge in [0, 0.05) is 23.4 Å². The zero-order valence-corrected chi connectivity index (χ0v) is 14.0. The van der Waals surface area contributed by atoms with Gasteiger partial charge in [-0.15, -0.1) is 11.3 Å². The fraction of sp³-hybridized carbons (Fsp3) is 0.526. The maximum absolute atomic E-state index is 4.73. The predicted octanol–water partition coefficient (Wildman–Crippen LogP) is 5.57. The van der Waals surface area contributed by atoms with Crippen molar-refractivity contribution in [1.82, 2.24) is 0 Å². The van der Waals surface area contributed by atoms with E-state index in [1.54, 1.807) is 0 Å². The maximum atomic E-state index is 4.73. The van der Waals surface area contributed by atoms with E-state index in [4.69, 9.17) is 4.99 Å². The first-order valence-corrected chi connectivity index (χ1v) is 8.92. The van der Waals surface area contributed by atoms with Gasteiger partial charge in [-0.1, -0.05) is 25.1 Å². The van der Waals surface area contributed by atoms with E-state index in [2.05, 4.69) is 37.4 Å². The lowest BCUT2D eigenvalue weighted by molar-refractivity contribution is 0.278. The summed E-state index contributed by atoms with van der Waals surface area (Å²) in [5, 5.41) is 3.75. The quantitative estimate of drug-likeness (QED) is 0.652. The molecule has 2 fully saturated rings. The number of hydrogen-bond donors (Lipinski definition) is 0. The van der Waals surface area contributed by atoms with E-state index in [1.165, 1.54) is 52.6 Å². The fourth-order valence-corrected chi connectivity index (χ4v) is 5.96. The van der Waals surface area contributed by atoms with Gasteiger partial charge in [0.05, 0.1) is 0 Å². The molecular weight excluding hydrogens is 274 g/mol. The summed E-state index contributed by atoms with van der Waals surface area (Å²) < 4.78 is 1.49. The third kappa shape index (κ3) is 1.92. The lowest BCUT2D eigenvalue weighted by Crippen LogP contribution is -2.34. The number of hydrogen-bond acceptors (Lipinski definition) is 2. The smallest absolute Gasteiger partial charge is 0.0384 e. The van der Waals surface area contributed by atoms with Crippen LogP contribution in [0.5, 0.6) is 0 Å². The molecule has 2 aliphatic rings. The van der Waals surface area contributed by atoms with Crippen LogP contribution in [0.2, 0.25) is 0 Å². The number of fused-ring (bicyclic) bond motifs is 3. The second-order valence-corrected chi connectivity index (χ2v) is 8.14. The van der Waals surface area contributed by atoms with Crippen molar-refractivity contribution in [2.75, 3.05) is 7.05 Å². The zero-order chi connectivity index (χ0) is 14.6. The van der Waals surface area contributed by atoms with Crippen LogP contribution < -0.4 is 0 Å². The van der Waals surface area contributed by atoms with E-state index >= 15 is 0 Å². The minimum atomic E-state index is 0.421. The highest BCUT2D eigenvalue weighted by Crippen LogP contribution is 2.58. The van der Waals surface area contributed by atoms with Crippen LogP contribution in [0.4, 0.5) is 0 Å². The first kappa shape index (κ1) is 13.5. The van der Waals surface area contributed by atoms with Gasteiger partial charge >= 0.3 is 0 Å². The van der Waals surface area contributed by atoms with E-state index in [0.29, 0.717) is 11.3 Å². The minimum absolute atomic E-state index is 0.421. The summed E-state index contributed by atoms with van der Waals surface area (Å²) in [4.78, 5) is 4.73. The molecule has 0 aliphatic heterocycles. The van der Waals surface area contributed by atoms with Crippen LogP contribution in [0.3, 0.4) is 0 Å². The Balaban J connectivity index is 1.93. The van der Waals surface area contributed by atoms with Gasteiger partial charge in [-0.25, -0.2) is 0 Å². The second kappa shape index (κ2) is 4.67. The molecule has 0 saturated heterocycles. The number of thiophene rings is 1. The zero-order valence-electron chi connectivity index (χ0n) is 13.1. The van der Waals surface area contributed by atoms with E-state index < -0.39 is 0 Å². The molecule has 3 unspecified atom stereocenters. The first-order chi connectivity index (χ1) is 10.1. The number of nitrogens with zero attached hydrogens (tertiary/aromatic N) is 1. The Morgan fingerprint density at radius 2 is 2.19 bits per heavy atom. The Kier molecular flexibility index (Phi) is 3.01. The summed E-state index contributed by atoms with van der Waals surface area (Å²) in [6.07, 6.45) is 5.36. The van der Waals surface area contributed by atoms with E-state index in [0.717, 1.165) is 5.92 Å². The summed E-state index contributed by atoms with van der Waals surface area (Å²) >= 11 is 1.92. The first-order valence-electron chi connectivity index (χ1n) is 8.04. The minimum Gasteiger partial charge on any atom is -0.297 e. The van der Waals surface area contributed by atoms with E-state index in [9.17, 15) is 0 Å². The molecule has 2 saturated carbocycles. The van der Waals surface area contributed by atoms with Crippen molar-refractivity contribution in [3.05, 3.63) is 34.7 Å². The number of aliphatic imine (C=N–C) groups is 1. The molecule has 0 amide bonds. The topological polar surface area (TPSA) is 12.4 Å². The highest BCUT2D eigenvalue weighted by atomic mass is 32.1. The number of rotatable bonds is 1. The molecule has 0 radical (unpaired) electrons. The molecule has 1 heterocycles. The molecule has 4 rings (SSSR count). The van der Waals surface area contributed by atoms with Gasteiger partial charge < -0.3 is 0 Å². The molecule has 2 heteroatoms. The summed E-state index contributed by atoms with van der Waals surface area (Å²) in [6, 6.07) is 6.88. The lowest BCUT2D eigenvalue weighted by Gasteiger charge is -2.40. The Labute approximate surface area is 131 Å². The van der Waals surface area contributed by atoms with Crippen LogP contribution in [0.1, 0.15) is 49.7 Å². The molecule has 2 aromatic rings. The number of benzene rings is 1. The second-order valence-electron chi connectivity index (χ2n) is 7.26. The Hall–Kier alpha value is -1.15. The SMILES string of the molecule is CN=C1CC2CCC(C)(C2)C1c1cccc2c(C)csc12. The van der Waals surface area contributed by atoms with Crippen LogP contribution in [-0.4, -0.2) is 12.8 Å². The Bertz CT molecular complexity index is 726. The highest BCUT2D eigenvalue weighted by molar-refractivity contribution is 7.17. The van der Waals surface area contributed by atoms with Gasteiger partial charge in [-0.05, 0) is 65.8 Å². The van der Waals surface area contributed by atoms with Gasteiger partial charge in [0.1, 0.15) is 0 Å². The molecule has 21 heavy (non-hydrogen) atoms. The van der Waals surface area contributed by atoms with Crippen LogP contribution in [0.15, 0.2) is 28.6 Å². The van der Waals surface area contributed by atoms with Crippen molar-refractivity contribution < 1.29 is 0 Å².